The average Bonchev–Trinajstić information content (AvgIpc) is 2.17. The van der Waals surface area contributed by atoms with Gasteiger partial charge in [-0.1, -0.05) is 0 Å². The molecule has 0 unspecified atom stereocenters. The quantitative estimate of drug-likeness (QED) is 0.548. The number of nitrogens with zero attached hydrogens (tertiary/aromatic N) is 2. The maximum absolute atomic E-state index is 8.35. The Morgan fingerprint density at radius 3 is 2.23 bits per heavy atom. The van der Waals surface area contributed by atoms with Crippen molar-refractivity contribution in [3.05, 3.63) is 0 Å². The van der Waals surface area contributed by atoms with Gasteiger partial charge in [-0.05, 0) is 0 Å². The van der Waals surface area contributed by atoms with Crippen molar-refractivity contribution in [2.75, 3.05) is 33.0 Å². The van der Waals surface area contributed by atoms with Crippen LogP contribution < -0.4 is 0 Å². The lowest BCUT2D eigenvalue weighted by atomic mass is 10.2. The van der Waals surface area contributed by atoms with Gasteiger partial charge in [0.25, 0.3) is 0 Å². The molecule has 5 heteroatoms. The summed E-state index contributed by atoms with van der Waals surface area (Å²) in [5.74, 6) is -0.710. The van der Waals surface area contributed by atoms with Crippen molar-refractivity contribution >= 4 is 0 Å². The van der Waals surface area contributed by atoms with Crippen molar-refractivity contribution in [3.63, 3.8) is 0 Å². The molecule has 0 aromatic rings. The van der Waals surface area contributed by atoms with Crippen LogP contribution in [0.5, 0.6) is 0 Å². The zero-order valence-corrected chi connectivity index (χ0v) is 7.27. The molecule has 0 saturated carbocycles. The zero-order valence-electron chi connectivity index (χ0n) is 7.27. The molecule has 1 N–H and O–H groups in total. The number of aliphatic hydroxyl groups is 1. The molecule has 0 rings (SSSR count). The summed E-state index contributed by atoms with van der Waals surface area (Å²) in [6.07, 6.45) is 0. The molecule has 0 fully saturated rings. The van der Waals surface area contributed by atoms with E-state index in [0.29, 0.717) is 13.2 Å². The van der Waals surface area contributed by atoms with E-state index in [1.54, 1.807) is 12.1 Å². The van der Waals surface area contributed by atoms with Gasteiger partial charge in [-0.25, -0.2) is 0 Å². The van der Waals surface area contributed by atoms with Crippen LogP contribution in [0.15, 0.2) is 0 Å². The molecule has 5 nitrogen and oxygen atoms in total. The van der Waals surface area contributed by atoms with Gasteiger partial charge < -0.3 is 14.6 Å². The number of nitriles is 2. The molecule has 0 amide bonds. The number of hydrogen-bond donors (Lipinski definition) is 1. The summed E-state index contributed by atoms with van der Waals surface area (Å²) in [6, 6.07) is 3.57. The lowest BCUT2D eigenvalue weighted by molar-refractivity contribution is 0.0305. The van der Waals surface area contributed by atoms with E-state index in [2.05, 4.69) is 0 Å². The van der Waals surface area contributed by atoms with Crippen LogP contribution >= 0.6 is 0 Å². The van der Waals surface area contributed by atoms with E-state index in [1.165, 1.54) is 0 Å². The van der Waals surface area contributed by atoms with E-state index in [9.17, 15) is 0 Å². The molecule has 0 aromatic heterocycles. The predicted octanol–water partition coefficient (Wildman–Crippen LogP) is -0.325. The summed E-state index contributed by atoms with van der Waals surface area (Å²) in [6.45, 7) is 1.07. The minimum atomic E-state index is -0.710. The molecule has 0 saturated heterocycles. The van der Waals surface area contributed by atoms with Gasteiger partial charge in [0.05, 0.1) is 45.2 Å². The Morgan fingerprint density at radius 1 is 1.08 bits per heavy atom. The zero-order chi connectivity index (χ0) is 9.94. The van der Waals surface area contributed by atoms with Crippen LogP contribution in [0.2, 0.25) is 0 Å². The molecule has 0 aliphatic carbocycles. The smallest absolute Gasteiger partial charge is 0.156 e. The van der Waals surface area contributed by atoms with E-state index < -0.39 is 5.92 Å². The number of hydrogen-bond acceptors (Lipinski definition) is 5. The molecule has 0 bridgehead atoms. The summed E-state index contributed by atoms with van der Waals surface area (Å²) < 4.78 is 9.86. The topological polar surface area (TPSA) is 86.3 Å². The Kier molecular flexibility index (Phi) is 8.17. The first kappa shape index (κ1) is 11.9. The highest BCUT2D eigenvalue weighted by molar-refractivity contribution is 4.98. The first-order valence-corrected chi connectivity index (χ1v) is 3.90. The molecule has 72 valence electrons. The van der Waals surface area contributed by atoms with Crippen molar-refractivity contribution in [1.82, 2.24) is 0 Å². The van der Waals surface area contributed by atoms with Gasteiger partial charge in [0.2, 0.25) is 0 Å². The highest BCUT2D eigenvalue weighted by Crippen LogP contribution is 1.92. The van der Waals surface area contributed by atoms with Crippen molar-refractivity contribution < 1.29 is 14.6 Å². The predicted molar refractivity (Wildman–Crippen MR) is 43.4 cm³/mol. The number of aliphatic hydroxyl groups excluding tert-OH is 1. The van der Waals surface area contributed by atoms with E-state index in [4.69, 9.17) is 25.1 Å². The van der Waals surface area contributed by atoms with Crippen LogP contribution in [-0.2, 0) is 9.47 Å². The minimum absolute atomic E-state index is 0.0149. The second-order valence-corrected chi connectivity index (χ2v) is 2.22. The van der Waals surface area contributed by atoms with Crippen LogP contribution in [0.25, 0.3) is 0 Å². The molecule has 0 radical (unpaired) electrons. The normalized spacial score (nSPS) is 9.54. The summed E-state index contributed by atoms with van der Waals surface area (Å²) in [5.41, 5.74) is 0. The Morgan fingerprint density at radius 2 is 1.69 bits per heavy atom. The Balaban J connectivity index is 3.17. The second-order valence-electron chi connectivity index (χ2n) is 2.22. The molecular weight excluding hydrogens is 172 g/mol. The monoisotopic (exact) mass is 184 g/mol. The highest BCUT2D eigenvalue weighted by atomic mass is 16.5. The summed E-state index contributed by atoms with van der Waals surface area (Å²) in [7, 11) is 0. The third-order valence-corrected chi connectivity index (χ3v) is 1.20. The largest absolute Gasteiger partial charge is 0.394 e. The van der Waals surface area contributed by atoms with Crippen molar-refractivity contribution in [2.45, 2.75) is 0 Å². The summed E-state index contributed by atoms with van der Waals surface area (Å²) in [4.78, 5) is 0. The van der Waals surface area contributed by atoms with Crippen molar-refractivity contribution in [1.29, 1.82) is 10.5 Å². The second kappa shape index (κ2) is 8.95. The van der Waals surface area contributed by atoms with Crippen LogP contribution in [0.4, 0.5) is 0 Å². The Hall–Kier alpha value is -1.14. The van der Waals surface area contributed by atoms with Gasteiger partial charge in [0, 0.05) is 0 Å². The lowest BCUT2D eigenvalue weighted by Gasteiger charge is -2.03. The maximum Gasteiger partial charge on any atom is 0.156 e. The van der Waals surface area contributed by atoms with Crippen molar-refractivity contribution in [2.24, 2.45) is 5.92 Å². The first-order valence-electron chi connectivity index (χ1n) is 3.90. The standard InChI is InChI=1S/C8H12N2O3/c9-5-8(6-10)7-13-4-3-12-2-1-11/h8,11H,1-4,7H2. The maximum atomic E-state index is 8.35. The van der Waals surface area contributed by atoms with Gasteiger partial charge in [0.15, 0.2) is 5.92 Å². The number of ether oxygens (including phenoxy) is 2. The average molecular weight is 184 g/mol. The molecule has 0 aliphatic heterocycles. The fourth-order valence-corrected chi connectivity index (χ4v) is 0.589. The molecular formula is C8H12N2O3. The minimum Gasteiger partial charge on any atom is -0.394 e. The molecule has 0 aromatic carbocycles. The molecule has 13 heavy (non-hydrogen) atoms. The third kappa shape index (κ3) is 7.23. The van der Waals surface area contributed by atoms with Crippen LogP contribution in [-0.4, -0.2) is 38.1 Å². The first-order chi connectivity index (χ1) is 6.35. The Bertz CT molecular complexity index is 181. The molecule has 0 heterocycles. The van der Waals surface area contributed by atoms with Crippen LogP contribution in [0, 0.1) is 28.6 Å². The van der Waals surface area contributed by atoms with E-state index in [1.807, 2.05) is 0 Å². The van der Waals surface area contributed by atoms with E-state index >= 15 is 0 Å². The molecule has 0 aliphatic rings. The summed E-state index contributed by atoms with van der Waals surface area (Å²) >= 11 is 0. The fraction of sp³-hybridized carbons (Fsp3) is 0.750. The fourth-order valence-electron chi connectivity index (χ4n) is 0.589. The lowest BCUT2D eigenvalue weighted by Crippen LogP contribution is -2.11. The van der Waals surface area contributed by atoms with Crippen molar-refractivity contribution in [3.8, 4) is 12.1 Å². The Labute approximate surface area is 77.1 Å². The molecule has 0 atom stereocenters. The van der Waals surface area contributed by atoms with Gasteiger partial charge >= 0.3 is 0 Å². The van der Waals surface area contributed by atoms with E-state index in [0.717, 1.165) is 0 Å². The van der Waals surface area contributed by atoms with Gasteiger partial charge in [0.1, 0.15) is 0 Å². The van der Waals surface area contributed by atoms with Gasteiger partial charge in [-0.2, -0.15) is 10.5 Å². The van der Waals surface area contributed by atoms with Crippen LogP contribution in [0.1, 0.15) is 0 Å². The van der Waals surface area contributed by atoms with Crippen LogP contribution in [0.3, 0.4) is 0 Å². The SMILES string of the molecule is N#CC(C#N)COCCOCCO. The summed E-state index contributed by atoms with van der Waals surface area (Å²) in [5, 5.41) is 25.0. The number of rotatable bonds is 7. The van der Waals surface area contributed by atoms with Gasteiger partial charge in [-0.15, -0.1) is 0 Å². The third-order valence-electron chi connectivity index (χ3n) is 1.20. The highest BCUT2D eigenvalue weighted by Gasteiger charge is 2.03. The van der Waals surface area contributed by atoms with Gasteiger partial charge in [-0.3, -0.25) is 0 Å². The van der Waals surface area contributed by atoms with E-state index in [-0.39, 0.29) is 19.8 Å². The molecule has 0 spiro atoms.